The van der Waals surface area contributed by atoms with E-state index in [9.17, 15) is 4.79 Å². The summed E-state index contributed by atoms with van der Waals surface area (Å²) in [5, 5.41) is 4.57. The van der Waals surface area contributed by atoms with Crippen LogP contribution >= 0.6 is 11.6 Å². The number of amides is 1. The van der Waals surface area contributed by atoms with E-state index in [0.29, 0.717) is 13.0 Å². The van der Waals surface area contributed by atoms with Crippen LogP contribution in [0.4, 0.5) is 0 Å². The van der Waals surface area contributed by atoms with Crippen LogP contribution in [0.2, 0.25) is 5.02 Å². The quantitative estimate of drug-likeness (QED) is 0.673. The smallest absolute Gasteiger partial charge is 0.241 e. The van der Waals surface area contributed by atoms with E-state index in [0.717, 1.165) is 10.6 Å². The van der Waals surface area contributed by atoms with E-state index in [2.05, 4.69) is 5.32 Å². The molecule has 1 aromatic rings. The van der Waals surface area contributed by atoms with Gasteiger partial charge in [0.1, 0.15) is 0 Å². The van der Waals surface area contributed by atoms with Gasteiger partial charge in [0, 0.05) is 17.4 Å². The maximum absolute atomic E-state index is 10.9. The Labute approximate surface area is 81.9 Å². The topological polar surface area (TPSA) is 31.2 Å². The zero-order valence-electron chi connectivity index (χ0n) is 7.03. The molecule has 67 valence electrons. The molecule has 2 nitrogen and oxygen atoms in total. The van der Waals surface area contributed by atoms with Crippen LogP contribution in [0.3, 0.4) is 0 Å². The lowest BCUT2D eigenvalue weighted by Crippen LogP contribution is -2.04. The highest BCUT2D eigenvalue weighted by atomic mass is 35.5. The molecular formula is C10H9ClNO. The zero-order valence-corrected chi connectivity index (χ0v) is 7.79. The van der Waals surface area contributed by atoms with E-state index in [1.165, 1.54) is 0 Å². The monoisotopic (exact) mass is 194 g/mol. The number of hydrogen-bond acceptors (Lipinski definition) is 1. The molecule has 3 heteroatoms. The molecule has 0 saturated carbocycles. The van der Waals surface area contributed by atoms with E-state index in [1.54, 1.807) is 0 Å². The van der Waals surface area contributed by atoms with Crippen LogP contribution in [-0.4, -0.2) is 12.5 Å². The third-order valence-corrected chi connectivity index (χ3v) is 2.60. The maximum Gasteiger partial charge on any atom is 0.241 e. The summed E-state index contributed by atoms with van der Waals surface area (Å²) in [7, 11) is 0. The van der Waals surface area contributed by atoms with Crippen LogP contribution in [0, 0.1) is 0 Å². The minimum absolute atomic E-state index is 0.00933. The van der Waals surface area contributed by atoms with E-state index in [1.807, 2.05) is 24.3 Å². The number of benzene rings is 1. The summed E-state index contributed by atoms with van der Waals surface area (Å²) >= 11 is 6.00. The summed E-state index contributed by atoms with van der Waals surface area (Å²) in [6.07, 6.45) is 0.504. The lowest BCUT2D eigenvalue weighted by molar-refractivity contribution is -0.119. The second-order valence-electron chi connectivity index (χ2n) is 3.16. The molecule has 0 aliphatic carbocycles. The van der Waals surface area contributed by atoms with Crippen molar-refractivity contribution >= 4 is 17.5 Å². The van der Waals surface area contributed by atoms with Crippen molar-refractivity contribution in [1.29, 1.82) is 0 Å². The van der Waals surface area contributed by atoms with Crippen LogP contribution < -0.4 is 5.32 Å². The Kier molecular flexibility index (Phi) is 2.23. The molecule has 1 atom stereocenters. The summed E-state index contributed by atoms with van der Waals surface area (Å²) in [6, 6.07) is 7.63. The van der Waals surface area contributed by atoms with Crippen LogP contribution in [0.1, 0.15) is 17.9 Å². The molecule has 1 amide bonds. The van der Waals surface area contributed by atoms with Crippen molar-refractivity contribution in [3.05, 3.63) is 34.9 Å². The predicted octanol–water partition coefficient (Wildman–Crippen LogP) is 1.96. The second-order valence-corrected chi connectivity index (χ2v) is 3.56. The van der Waals surface area contributed by atoms with Gasteiger partial charge in [0.15, 0.2) is 0 Å². The van der Waals surface area contributed by atoms with Crippen LogP contribution in [0.5, 0.6) is 0 Å². The standard InChI is InChI=1S/C10H9ClNO/c11-9-4-2-1-3-8(9)7-5-10(13)12-6-7/h1-4,7H,5-6H2. The van der Waals surface area contributed by atoms with Gasteiger partial charge in [-0.15, -0.1) is 0 Å². The Balaban J connectivity index is 2.26. The molecule has 1 unspecified atom stereocenters. The number of nitrogens with zero attached hydrogens (tertiary/aromatic N) is 1. The molecule has 0 spiro atoms. The normalized spacial score (nSPS) is 21.6. The van der Waals surface area contributed by atoms with Gasteiger partial charge in [-0.3, -0.25) is 10.1 Å². The number of halogens is 1. The van der Waals surface area contributed by atoms with Gasteiger partial charge in [0.2, 0.25) is 5.91 Å². The molecule has 1 aromatic carbocycles. The van der Waals surface area contributed by atoms with Gasteiger partial charge < -0.3 is 0 Å². The molecule has 1 saturated heterocycles. The highest BCUT2D eigenvalue weighted by molar-refractivity contribution is 6.31. The molecule has 1 heterocycles. The van der Waals surface area contributed by atoms with Crippen molar-refractivity contribution in [2.75, 3.05) is 6.54 Å². The molecule has 0 N–H and O–H groups in total. The number of hydrogen-bond donors (Lipinski definition) is 0. The first-order valence-corrected chi connectivity index (χ1v) is 4.60. The second kappa shape index (κ2) is 3.38. The molecule has 0 aromatic heterocycles. The summed E-state index contributed by atoms with van der Waals surface area (Å²) in [5.41, 5.74) is 1.04. The molecule has 1 aliphatic rings. The van der Waals surface area contributed by atoms with Crippen LogP contribution in [0.25, 0.3) is 0 Å². The molecule has 1 fully saturated rings. The fourth-order valence-electron chi connectivity index (χ4n) is 1.57. The molecule has 2 rings (SSSR count). The number of carbonyl (C=O) groups excluding carboxylic acids is 1. The van der Waals surface area contributed by atoms with Gasteiger partial charge in [0.25, 0.3) is 0 Å². The highest BCUT2D eigenvalue weighted by Gasteiger charge is 2.25. The van der Waals surface area contributed by atoms with Gasteiger partial charge in [-0.1, -0.05) is 29.8 Å². The number of rotatable bonds is 1. The molecular weight excluding hydrogens is 186 g/mol. The lowest BCUT2D eigenvalue weighted by atomic mass is 9.98. The van der Waals surface area contributed by atoms with Crippen molar-refractivity contribution in [2.24, 2.45) is 0 Å². The summed E-state index contributed by atoms with van der Waals surface area (Å²) in [5.74, 6) is 0.186. The summed E-state index contributed by atoms with van der Waals surface area (Å²) in [4.78, 5) is 10.9. The van der Waals surface area contributed by atoms with Gasteiger partial charge in [0.05, 0.1) is 6.54 Å². The van der Waals surface area contributed by atoms with Gasteiger partial charge >= 0.3 is 0 Å². The molecule has 13 heavy (non-hydrogen) atoms. The van der Waals surface area contributed by atoms with E-state index in [4.69, 9.17) is 11.6 Å². The largest absolute Gasteiger partial charge is 0.273 e. The lowest BCUT2D eigenvalue weighted by Gasteiger charge is -2.08. The average molecular weight is 195 g/mol. The number of carbonyl (C=O) groups is 1. The van der Waals surface area contributed by atoms with Gasteiger partial charge in [-0.25, -0.2) is 0 Å². The Morgan fingerprint density at radius 3 is 2.77 bits per heavy atom. The predicted molar refractivity (Wildman–Crippen MR) is 50.8 cm³/mol. The SMILES string of the molecule is O=C1CC(c2ccccc2Cl)C[N]1. The van der Waals surface area contributed by atoms with E-state index < -0.39 is 0 Å². The first-order chi connectivity index (χ1) is 6.27. The molecule has 1 aliphatic heterocycles. The van der Waals surface area contributed by atoms with Gasteiger partial charge in [-0.2, -0.15) is 0 Å². The van der Waals surface area contributed by atoms with Gasteiger partial charge in [-0.05, 0) is 11.6 Å². The Morgan fingerprint density at radius 2 is 2.15 bits per heavy atom. The van der Waals surface area contributed by atoms with Crippen molar-refractivity contribution in [3.8, 4) is 0 Å². The fraction of sp³-hybridized carbons (Fsp3) is 0.300. The highest BCUT2D eigenvalue weighted by Crippen LogP contribution is 2.29. The van der Waals surface area contributed by atoms with Crippen LogP contribution in [-0.2, 0) is 4.79 Å². The maximum atomic E-state index is 10.9. The van der Waals surface area contributed by atoms with Crippen LogP contribution in [0.15, 0.2) is 24.3 Å². The first kappa shape index (κ1) is 8.57. The average Bonchev–Trinajstić information content (AvgIpc) is 2.53. The third kappa shape index (κ3) is 1.68. The Hall–Kier alpha value is -1.02. The van der Waals surface area contributed by atoms with Crippen molar-refractivity contribution in [3.63, 3.8) is 0 Å². The van der Waals surface area contributed by atoms with E-state index in [-0.39, 0.29) is 11.8 Å². The van der Waals surface area contributed by atoms with E-state index >= 15 is 0 Å². The van der Waals surface area contributed by atoms with Crippen molar-refractivity contribution in [1.82, 2.24) is 5.32 Å². The minimum Gasteiger partial charge on any atom is -0.273 e. The minimum atomic E-state index is -0.00933. The molecule has 1 radical (unpaired) electrons. The molecule has 0 bridgehead atoms. The third-order valence-electron chi connectivity index (χ3n) is 2.25. The zero-order chi connectivity index (χ0) is 9.26. The first-order valence-electron chi connectivity index (χ1n) is 4.22. The fourth-order valence-corrected chi connectivity index (χ4v) is 1.86. The Bertz CT molecular complexity index is 337. The summed E-state index contributed by atoms with van der Waals surface area (Å²) < 4.78 is 0. The summed E-state index contributed by atoms with van der Waals surface area (Å²) in [6.45, 7) is 0.586. The Morgan fingerprint density at radius 1 is 1.38 bits per heavy atom. The van der Waals surface area contributed by atoms with Crippen molar-refractivity contribution in [2.45, 2.75) is 12.3 Å². The van der Waals surface area contributed by atoms with Crippen molar-refractivity contribution < 1.29 is 4.79 Å².